The lowest BCUT2D eigenvalue weighted by atomic mass is 9.96. The topological polar surface area (TPSA) is 0 Å². The maximum Gasteiger partial charge on any atom is 0.129 e. The predicted molar refractivity (Wildman–Crippen MR) is 75.7 cm³/mol. The molecule has 1 aliphatic carbocycles. The number of benzene rings is 1. The van der Waals surface area contributed by atoms with Crippen LogP contribution in [0, 0.1) is 25.6 Å². The molecule has 0 heterocycles. The van der Waals surface area contributed by atoms with E-state index in [1.165, 1.54) is 32.1 Å². The second-order valence-electron chi connectivity index (χ2n) is 5.66. The molecule has 0 aromatic heterocycles. The van der Waals surface area contributed by atoms with Crippen molar-refractivity contribution in [2.24, 2.45) is 5.92 Å². The first-order valence-electron chi connectivity index (χ1n) is 6.98. The highest BCUT2D eigenvalue weighted by molar-refractivity contribution is 6.20. The molecule has 1 saturated carbocycles. The molecule has 18 heavy (non-hydrogen) atoms. The van der Waals surface area contributed by atoms with Crippen molar-refractivity contribution in [1.82, 2.24) is 0 Å². The Morgan fingerprint density at radius 3 is 2.33 bits per heavy atom. The fourth-order valence-corrected chi connectivity index (χ4v) is 3.26. The molecule has 0 N–H and O–H groups in total. The molecule has 0 saturated heterocycles. The summed E-state index contributed by atoms with van der Waals surface area (Å²) in [7, 11) is 0. The molecule has 0 amide bonds. The van der Waals surface area contributed by atoms with Crippen LogP contribution < -0.4 is 0 Å². The Labute approximate surface area is 115 Å². The van der Waals surface area contributed by atoms with Gasteiger partial charge in [-0.2, -0.15) is 0 Å². The van der Waals surface area contributed by atoms with E-state index in [2.05, 4.69) is 0 Å². The molecule has 1 aromatic carbocycles. The largest absolute Gasteiger partial charge is 0.206 e. The first-order chi connectivity index (χ1) is 8.58. The van der Waals surface area contributed by atoms with E-state index in [1.54, 1.807) is 0 Å². The fraction of sp³-hybridized carbons (Fsp3) is 0.625. The highest BCUT2D eigenvalue weighted by Crippen LogP contribution is 2.34. The third-order valence-corrected chi connectivity index (χ3v) is 4.59. The molecule has 0 bridgehead atoms. The van der Waals surface area contributed by atoms with E-state index >= 15 is 0 Å². The standard InChI is InChI=1S/C16H22ClF/c1-11-9-14(10-12(2)16(11)18)15(17)8-7-13-5-3-4-6-13/h9-10,13,15H,3-8H2,1-2H3. The summed E-state index contributed by atoms with van der Waals surface area (Å²) in [5, 5.41) is 0.0311. The van der Waals surface area contributed by atoms with E-state index in [0.717, 1.165) is 17.9 Å². The average molecular weight is 269 g/mol. The Morgan fingerprint density at radius 2 is 1.78 bits per heavy atom. The number of aryl methyl sites for hydroxylation is 2. The number of halogens is 2. The number of hydrogen-bond acceptors (Lipinski definition) is 0. The van der Waals surface area contributed by atoms with Gasteiger partial charge in [-0.25, -0.2) is 4.39 Å². The Hall–Kier alpha value is -0.560. The van der Waals surface area contributed by atoms with Gasteiger partial charge in [-0.15, -0.1) is 11.6 Å². The summed E-state index contributed by atoms with van der Waals surface area (Å²) in [5.74, 6) is 0.771. The van der Waals surface area contributed by atoms with E-state index < -0.39 is 0 Å². The third-order valence-electron chi connectivity index (χ3n) is 4.12. The van der Waals surface area contributed by atoms with Crippen molar-refractivity contribution in [3.63, 3.8) is 0 Å². The van der Waals surface area contributed by atoms with Crippen molar-refractivity contribution in [3.05, 3.63) is 34.6 Å². The van der Waals surface area contributed by atoms with Crippen LogP contribution in [0.3, 0.4) is 0 Å². The van der Waals surface area contributed by atoms with Crippen molar-refractivity contribution >= 4 is 11.6 Å². The second-order valence-corrected chi connectivity index (χ2v) is 6.19. The minimum Gasteiger partial charge on any atom is -0.206 e. The maximum atomic E-state index is 13.6. The molecule has 1 aromatic rings. The molecule has 1 aliphatic rings. The number of alkyl halides is 1. The normalized spacial score (nSPS) is 18.2. The Morgan fingerprint density at radius 1 is 1.22 bits per heavy atom. The van der Waals surface area contributed by atoms with Crippen molar-refractivity contribution in [2.45, 2.75) is 57.7 Å². The lowest BCUT2D eigenvalue weighted by molar-refractivity contribution is 0.479. The summed E-state index contributed by atoms with van der Waals surface area (Å²) in [6, 6.07) is 3.79. The predicted octanol–water partition coefficient (Wildman–Crippen LogP) is 5.69. The van der Waals surface area contributed by atoms with Gasteiger partial charge in [0.1, 0.15) is 5.82 Å². The van der Waals surface area contributed by atoms with Gasteiger partial charge in [0.15, 0.2) is 0 Å². The maximum absolute atomic E-state index is 13.6. The van der Waals surface area contributed by atoms with Crippen molar-refractivity contribution in [3.8, 4) is 0 Å². The van der Waals surface area contributed by atoms with Crippen LogP contribution in [0.25, 0.3) is 0 Å². The zero-order valence-corrected chi connectivity index (χ0v) is 12.1. The van der Waals surface area contributed by atoms with Gasteiger partial charge in [0.25, 0.3) is 0 Å². The van der Waals surface area contributed by atoms with Crippen LogP contribution in [0.2, 0.25) is 0 Å². The smallest absolute Gasteiger partial charge is 0.129 e. The summed E-state index contributed by atoms with van der Waals surface area (Å²) in [4.78, 5) is 0. The minimum absolute atomic E-state index is 0.0311. The van der Waals surface area contributed by atoms with Gasteiger partial charge in [-0.1, -0.05) is 37.8 Å². The Kier molecular flexibility index (Phi) is 4.66. The molecule has 0 nitrogen and oxygen atoms in total. The summed E-state index contributed by atoms with van der Waals surface area (Å²) in [5.41, 5.74) is 2.49. The van der Waals surface area contributed by atoms with Gasteiger partial charge < -0.3 is 0 Å². The molecule has 0 spiro atoms. The van der Waals surface area contributed by atoms with Gasteiger partial charge in [0, 0.05) is 0 Å². The van der Waals surface area contributed by atoms with E-state index in [0.29, 0.717) is 11.1 Å². The van der Waals surface area contributed by atoms with E-state index in [-0.39, 0.29) is 11.2 Å². The van der Waals surface area contributed by atoms with Crippen LogP contribution in [0.4, 0.5) is 4.39 Å². The van der Waals surface area contributed by atoms with Gasteiger partial charge in [0.05, 0.1) is 5.38 Å². The number of rotatable bonds is 4. The van der Waals surface area contributed by atoms with Crippen molar-refractivity contribution in [2.75, 3.05) is 0 Å². The lowest BCUT2D eigenvalue weighted by Gasteiger charge is -2.15. The zero-order valence-electron chi connectivity index (χ0n) is 11.3. The minimum atomic E-state index is -0.0987. The van der Waals surface area contributed by atoms with Crippen LogP contribution in [0.15, 0.2) is 12.1 Å². The van der Waals surface area contributed by atoms with Crippen LogP contribution in [-0.4, -0.2) is 0 Å². The van der Waals surface area contributed by atoms with Crippen molar-refractivity contribution in [1.29, 1.82) is 0 Å². The van der Waals surface area contributed by atoms with Gasteiger partial charge in [-0.3, -0.25) is 0 Å². The van der Waals surface area contributed by atoms with Gasteiger partial charge >= 0.3 is 0 Å². The fourth-order valence-electron chi connectivity index (χ4n) is 3.01. The first-order valence-corrected chi connectivity index (χ1v) is 7.42. The molecule has 1 fully saturated rings. The molecule has 2 heteroatoms. The zero-order chi connectivity index (χ0) is 13.1. The molecule has 1 unspecified atom stereocenters. The summed E-state index contributed by atoms with van der Waals surface area (Å²) >= 11 is 6.46. The van der Waals surface area contributed by atoms with E-state index in [4.69, 9.17) is 11.6 Å². The molecule has 2 rings (SSSR count). The van der Waals surface area contributed by atoms with Crippen molar-refractivity contribution < 1.29 is 4.39 Å². The summed E-state index contributed by atoms with van der Waals surface area (Å²) in [6.45, 7) is 3.62. The van der Waals surface area contributed by atoms with Gasteiger partial charge in [0.2, 0.25) is 0 Å². The van der Waals surface area contributed by atoms with Crippen LogP contribution in [0.5, 0.6) is 0 Å². The van der Waals surface area contributed by atoms with Gasteiger partial charge in [-0.05, 0) is 49.3 Å². The second kappa shape index (κ2) is 6.06. The molecule has 0 aliphatic heterocycles. The SMILES string of the molecule is Cc1cc(C(Cl)CCC2CCCC2)cc(C)c1F. The molecule has 0 radical (unpaired) electrons. The quantitative estimate of drug-likeness (QED) is 0.615. The molecule has 100 valence electrons. The highest BCUT2D eigenvalue weighted by Gasteiger charge is 2.18. The van der Waals surface area contributed by atoms with Crippen LogP contribution in [-0.2, 0) is 0 Å². The summed E-state index contributed by atoms with van der Waals surface area (Å²) < 4.78 is 13.6. The Bertz CT molecular complexity index is 385. The van der Waals surface area contributed by atoms with Crippen LogP contribution >= 0.6 is 11.6 Å². The van der Waals surface area contributed by atoms with E-state index in [1.807, 2.05) is 26.0 Å². The molecular formula is C16H22ClF. The first kappa shape index (κ1) is 13.9. The monoisotopic (exact) mass is 268 g/mol. The Balaban J connectivity index is 1.97. The van der Waals surface area contributed by atoms with Crippen LogP contribution in [0.1, 0.15) is 60.6 Å². The van der Waals surface area contributed by atoms with E-state index in [9.17, 15) is 4.39 Å². The lowest BCUT2D eigenvalue weighted by Crippen LogP contribution is -1.99. The molecular weight excluding hydrogens is 247 g/mol. The number of hydrogen-bond donors (Lipinski definition) is 0. The third kappa shape index (κ3) is 3.26. The average Bonchev–Trinajstić information content (AvgIpc) is 2.85. The highest BCUT2D eigenvalue weighted by atomic mass is 35.5. The summed E-state index contributed by atoms with van der Waals surface area (Å²) in [6.07, 6.45) is 7.72. The molecule has 1 atom stereocenters.